The second-order valence-corrected chi connectivity index (χ2v) is 2.86. The number of carboxylic acids is 1. The van der Waals surface area contributed by atoms with Crippen LogP contribution in [0.3, 0.4) is 0 Å². The van der Waals surface area contributed by atoms with E-state index in [1.54, 1.807) is 0 Å². The van der Waals surface area contributed by atoms with Crippen LogP contribution in [0.5, 0.6) is 0 Å². The number of halogens is 3. The summed E-state index contributed by atoms with van der Waals surface area (Å²) in [6, 6.07) is 0. The Morgan fingerprint density at radius 3 is 1.79 bits per heavy atom. The minimum Gasteiger partial charge on any atom is -0.540 e. The molecule has 8 heteroatoms. The summed E-state index contributed by atoms with van der Waals surface area (Å²) in [5, 5.41) is 11.1. The average Bonchev–Trinajstić information content (AvgIpc) is 1.83. The van der Waals surface area contributed by atoms with E-state index in [-0.39, 0.29) is 29.6 Å². The molecule has 0 aromatic rings. The van der Waals surface area contributed by atoms with Crippen molar-refractivity contribution in [1.29, 1.82) is 0 Å². The van der Waals surface area contributed by atoms with Gasteiger partial charge in [0.25, 0.3) is 5.91 Å². The Balaban J connectivity index is 0. The Labute approximate surface area is 100 Å². The van der Waals surface area contributed by atoms with Gasteiger partial charge in [-0.3, -0.25) is 4.79 Å². The van der Waals surface area contributed by atoms with E-state index in [0.29, 0.717) is 13.8 Å². The summed E-state index contributed by atoms with van der Waals surface area (Å²) in [6.07, 6.45) is -4.71. The van der Waals surface area contributed by atoms with Crippen molar-refractivity contribution in [2.24, 2.45) is 0 Å². The van der Waals surface area contributed by atoms with Crippen molar-refractivity contribution in [2.45, 2.75) is 25.6 Å². The number of carboxylic acid groups (broad SMARTS) is 1. The number of hydrogen-bond acceptors (Lipinski definition) is 3. The number of nitrogens with one attached hydrogen (secondary N) is 1. The van der Waals surface area contributed by atoms with Gasteiger partial charge in [-0.2, -0.15) is 13.2 Å². The summed E-state index contributed by atoms with van der Waals surface area (Å²) in [6.45, 7) is 1.29. The third kappa shape index (κ3) is 4.30. The van der Waals surface area contributed by atoms with Crippen LogP contribution in [0.2, 0.25) is 0 Å². The van der Waals surface area contributed by atoms with Crippen LogP contribution in [0, 0.1) is 0 Å². The first kappa shape index (κ1) is 16.2. The monoisotopic (exact) mass is 221 g/mol. The summed E-state index contributed by atoms with van der Waals surface area (Å²) in [5.41, 5.74) is -2.58. The first-order chi connectivity index (χ1) is 5.58. The predicted molar refractivity (Wildman–Crippen MR) is 33.3 cm³/mol. The van der Waals surface area contributed by atoms with Gasteiger partial charge in [-0.1, -0.05) is 0 Å². The summed E-state index contributed by atoms with van der Waals surface area (Å²) >= 11 is 0. The van der Waals surface area contributed by atoms with Crippen molar-refractivity contribution in [2.75, 3.05) is 0 Å². The Kier molecular flexibility index (Phi) is 5.77. The quantitative estimate of drug-likeness (QED) is 0.364. The van der Waals surface area contributed by atoms with Gasteiger partial charge in [0.15, 0.2) is 0 Å². The molecule has 0 aromatic carbocycles. The fraction of sp³-hybridized carbons (Fsp3) is 0.667. The van der Waals surface area contributed by atoms with Crippen LogP contribution in [-0.4, -0.2) is 23.6 Å². The van der Waals surface area contributed by atoms with Gasteiger partial charge in [-0.05, 0) is 13.8 Å². The molecule has 76 valence electrons. The molecular weight excluding hydrogens is 214 g/mol. The molecule has 4 nitrogen and oxygen atoms in total. The molecule has 0 bridgehead atoms. The van der Waals surface area contributed by atoms with Crippen LogP contribution in [-0.2, 0) is 9.59 Å². The molecule has 0 unspecified atom stereocenters. The molecule has 0 heterocycles. The van der Waals surface area contributed by atoms with Gasteiger partial charge in [-0.15, -0.1) is 0 Å². The fourth-order valence-electron chi connectivity index (χ4n) is 0.406. The zero-order chi connectivity index (χ0) is 10.9. The minimum atomic E-state index is -4.71. The fourth-order valence-corrected chi connectivity index (χ4v) is 0.406. The summed E-state index contributed by atoms with van der Waals surface area (Å²) in [7, 11) is 0. The largest absolute Gasteiger partial charge is 1.00 e. The number of rotatable bonds is 1. The molecule has 1 amide bonds. The summed E-state index contributed by atoms with van der Waals surface area (Å²) in [4.78, 5) is 20.1. The molecule has 0 aliphatic rings. The van der Waals surface area contributed by atoms with Gasteiger partial charge in [0, 0.05) is 0 Å². The van der Waals surface area contributed by atoms with E-state index in [0.717, 1.165) is 0 Å². The Morgan fingerprint density at radius 2 is 1.57 bits per heavy atom. The van der Waals surface area contributed by atoms with Crippen LogP contribution in [0.4, 0.5) is 13.2 Å². The number of amides is 1. The molecule has 1 N–H and O–H groups in total. The van der Waals surface area contributed by atoms with E-state index in [1.165, 1.54) is 5.32 Å². The second kappa shape index (κ2) is 4.99. The summed E-state index contributed by atoms with van der Waals surface area (Å²) in [5.74, 6) is -3.99. The molecule has 0 aromatic heterocycles. The van der Waals surface area contributed by atoms with E-state index in [9.17, 15) is 27.9 Å². The molecule has 0 aliphatic heterocycles. The Bertz CT molecular complexity index is 239. The third-order valence-electron chi connectivity index (χ3n) is 1.32. The molecular formula is C6H7F3NNaO3. The van der Waals surface area contributed by atoms with E-state index in [4.69, 9.17) is 0 Å². The Morgan fingerprint density at radius 1 is 1.21 bits per heavy atom. The molecule has 0 fully saturated rings. The maximum Gasteiger partial charge on any atom is 1.00 e. The number of alkyl halides is 3. The van der Waals surface area contributed by atoms with Crippen molar-refractivity contribution < 1.29 is 57.4 Å². The molecule has 0 spiro atoms. The van der Waals surface area contributed by atoms with Gasteiger partial charge < -0.3 is 15.2 Å². The molecule has 0 radical (unpaired) electrons. The normalized spacial score (nSPS) is 11.5. The van der Waals surface area contributed by atoms with Crippen molar-refractivity contribution in [3.63, 3.8) is 0 Å². The first-order valence-corrected chi connectivity index (χ1v) is 3.18. The minimum absolute atomic E-state index is 0. The van der Waals surface area contributed by atoms with Crippen LogP contribution in [0.15, 0.2) is 0 Å². The van der Waals surface area contributed by atoms with E-state index in [2.05, 4.69) is 0 Å². The smallest absolute Gasteiger partial charge is 0.540 e. The second-order valence-electron chi connectivity index (χ2n) is 2.86. The van der Waals surface area contributed by atoms with Gasteiger partial charge in [0.05, 0.1) is 0 Å². The van der Waals surface area contributed by atoms with E-state index >= 15 is 0 Å². The third-order valence-corrected chi connectivity index (χ3v) is 1.32. The van der Waals surface area contributed by atoms with Crippen LogP contribution >= 0.6 is 0 Å². The maximum absolute atomic E-state index is 12.0. The SMILES string of the molecule is CC(C)(NC(=O)C(=O)[O-])C(F)(F)F.[Na+]. The average molecular weight is 221 g/mol. The maximum atomic E-state index is 12.0. The first-order valence-electron chi connectivity index (χ1n) is 3.18. The molecule has 0 atom stereocenters. The number of carbonyl (C=O) groups is 2. The van der Waals surface area contributed by atoms with E-state index in [1.807, 2.05) is 0 Å². The molecule has 0 rings (SSSR count). The van der Waals surface area contributed by atoms with Crippen LogP contribution in [0.1, 0.15) is 13.8 Å². The van der Waals surface area contributed by atoms with Gasteiger partial charge >= 0.3 is 35.7 Å². The molecule has 14 heavy (non-hydrogen) atoms. The van der Waals surface area contributed by atoms with Gasteiger partial charge in [0.2, 0.25) is 0 Å². The van der Waals surface area contributed by atoms with Crippen LogP contribution < -0.4 is 40.0 Å². The number of carbonyl (C=O) groups excluding carboxylic acids is 2. The van der Waals surface area contributed by atoms with E-state index < -0.39 is 23.6 Å². The molecule has 0 saturated heterocycles. The standard InChI is InChI=1S/C6H8F3NO3.Na/c1-5(2,6(7,8)9)10-3(11)4(12)13;/h1-2H3,(H,10,11)(H,12,13);/q;+1/p-1. The van der Waals surface area contributed by atoms with Crippen LogP contribution in [0.25, 0.3) is 0 Å². The van der Waals surface area contributed by atoms with Crippen molar-refractivity contribution >= 4 is 11.9 Å². The topological polar surface area (TPSA) is 69.2 Å². The molecule has 0 aliphatic carbocycles. The van der Waals surface area contributed by atoms with Gasteiger partial charge in [-0.25, -0.2) is 0 Å². The zero-order valence-corrected chi connectivity index (χ0v) is 9.86. The predicted octanol–water partition coefficient (Wildman–Crippen LogP) is -3.80. The number of hydrogen-bond donors (Lipinski definition) is 1. The zero-order valence-electron chi connectivity index (χ0n) is 7.86. The Hall–Kier alpha value is -0.270. The van der Waals surface area contributed by atoms with Crippen molar-refractivity contribution in [3.05, 3.63) is 0 Å². The van der Waals surface area contributed by atoms with Gasteiger partial charge in [0.1, 0.15) is 11.5 Å². The van der Waals surface area contributed by atoms with Crippen molar-refractivity contribution in [1.82, 2.24) is 5.32 Å². The van der Waals surface area contributed by atoms with Crippen molar-refractivity contribution in [3.8, 4) is 0 Å². The number of aliphatic carboxylic acids is 1. The summed E-state index contributed by atoms with van der Waals surface area (Å²) < 4.78 is 36.1. The molecule has 0 saturated carbocycles.